The van der Waals surface area contributed by atoms with Crippen molar-refractivity contribution >= 4 is 23.1 Å². The first-order valence-corrected chi connectivity index (χ1v) is 8.03. The van der Waals surface area contributed by atoms with Gasteiger partial charge < -0.3 is 20.5 Å². The highest BCUT2D eigenvalue weighted by Crippen LogP contribution is 2.38. The summed E-state index contributed by atoms with van der Waals surface area (Å²) in [6.45, 7) is 3.96. The summed E-state index contributed by atoms with van der Waals surface area (Å²) >= 11 is 0. The number of hydrogen-bond acceptors (Lipinski definition) is 5. The van der Waals surface area contributed by atoms with E-state index in [2.05, 4.69) is 5.32 Å². The number of nitrogens with one attached hydrogen (secondary N) is 1. The molecule has 0 aromatic heterocycles. The highest BCUT2D eigenvalue weighted by atomic mass is 16.7. The molecule has 0 fully saturated rings. The average molecular weight is 340 g/mol. The molecule has 130 valence electrons. The van der Waals surface area contributed by atoms with Gasteiger partial charge in [-0.25, -0.2) is 0 Å². The van der Waals surface area contributed by atoms with Gasteiger partial charge in [-0.1, -0.05) is 17.7 Å². The smallest absolute Gasteiger partial charge is 0.231 e. The lowest BCUT2D eigenvalue weighted by molar-refractivity contribution is -0.116. The van der Waals surface area contributed by atoms with E-state index >= 15 is 0 Å². The fraction of sp³-hybridized carbons (Fsp3) is 0.263. The number of Topliss-reactive ketones (excluding diaryl/α,β-unsaturated/α-hetero) is 1. The summed E-state index contributed by atoms with van der Waals surface area (Å²) in [6, 6.07) is 8.96. The molecule has 0 spiro atoms. The predicted octanol–water partition coefficient (Wildman–Crippen LogP) is 3.22. The van der Waals surface area contributed by atoms with Gasteiger partial charge in [-0.15, -0.1) is 0 Å². The first-order valence-electron chi connectivity index (χ1n) is 8.03. The molecule has 0 saturated heterocycles. The minimum atomic E-state index is -0.274. The maximum Gasteiger partial charge on any atom is 0.231 e. The third-order valence-corrected chi connectivity index (χ3v) is 4.09. The summed E-state index contributed by atoms with van der Waals surface area (Å²) in [5.74, 6) is 0.774. The second-order valence-corrected chi connectivity index (χ2v) is 6.08. The SMILES string of the molecule is Cc1ccc(C)c(C(=O)CCC(=O)Nc2cc3c(cc2N)OCO3)c1. The molecule has 2 aromatic rings. The standard InChI is InChI=1S/C19H20N2O4/c1-11-3-4-12(2)13(7-11)16(22)5-6-19(23)21-15-9-18-17(8-14(15)20)24-10-25-18/h3-4,7-9H,5-6,10,20H2,1-2H3,(H,21,23). The number of ether oxygens (including phenoxy) is 2. The van der Waals surface area contributed by atoms with Crippen molar-refractivity contribution in [1.82, 2.24) is 0 Å². The number of fused-ring (bicyclic) bond motifs is 1. The number of carbonyl (C=O) groups is 2. The molecular weight excluding hydrogens is 320 g/mol. The zero-order chi connectivity index (χ0) is 18.0. The summed E-state index contributed by atoms with van der Waals surface area (Å²) < 4.78 is 10.5. The quantitative estimate of drug-likeness (QED) is 0.644. The Bertz CT molecular complexity index is 846. The molecule has 1 aliphatic rings. The van der Waals surface area contributed by atoms with Crippen LogP contribution in [-0.4, -0.2) is 18.5 Å². The van der Waals surface area contributed by atoms with Crippen molar-refractivity contribution in [3.05, 3.63) is 47.0 Å². The number of carbonyl (C=O) groups excluding carboxylic acids is 2. The zero-order valence-corrected chi connectivity index (χ0v) is 14.2. The third kappa shape index (κ3) is 3.74. The number of anilines is 2. The number of hydrogen-bond donors (Lipinski definition) is 2. The summed E-state index contributed by atoms with van der Waals surface area (Å²) in [4.78, 5) is 24.5. The Morgan fingerprint density at radius 3 is 2.56 bits per heavy atom. The lowest BCUT2D eigenvalue weighted by Crippen LogP contribution is -2.15. The second kappa shape index (κ2) is 6.84. The topological polar surface area (TPSA) is 90.7 Å². The Kier molecular flexibility index (Phi) is 4.61. The number of nitrogens with two attached hydrogens (primary N) is 1. The van der Waals surface area contributed by atoms with E-state index < -0.39 is 0 Å². The molecule has 0 saturated carbocycles. The Morgan fingerprint density at radius 2 is 1.80 bits per heavy atom. The van der Waals surface area contributed by atoms with Crippen LogP contribution in [0.25, 0.3) is 0 Å². The normalized spacial score (nSPS) is 12.1. The molecule has 3 rings (SSSR count). The van der Waals surface area contributed by atoms with E-state index in [1.54, 1.807) is 12.1 Å². The molecule has 0 radical (unpaired) electrons. The zero-order valence-electron chi connectivity index (χ0n) is 14.2. The lowest BCUT2D eigenvalue weighted by Gasteiger charge is -2.10. The molecule has 6 heteroatoms. The van der Waals surface area contributed by atoms with Crippen molar-refractivity contribution in [2.24, 2.45) is 0 Å². The molecule has 0 aliphatic carbocycles. The van der Waals surface area contributed by atoms with Gasteiger partial charge in [-0.3, -0.25) is 9.59 Å². The maximum absolute atomic E-state index is 12.4. The molecule has 2 aromatic carbocycles. The summed E-state index contributed by atoms with van der Waals surface area (Å²) in [5.41, 5.74) is 9.34. The second-order valence-electron chi connectivity index (χ2n) is 6.08. The number of benzene rings is 2. The fourth-order valence-electron chi connectivity index (χ4n) is 2.68. The van der Waals surface area contributed by atoms with Gasteiger partial charge in [0.1, 0.15) is 0 Å². The van der Waals surface area contributed by atoms with Crippen LogP contribution in [0.4, 0.5) is 11.4 Å². The van der Waals surface area contributed by atoms with Crippen LogP contribution in [0.2, 0.25) is 0 Å². The van der Waals surface area contributed by atoms with E-state index in [1.807, 2.05) is 32.0 Å². The Morgan fingerprint density at radius 1 is 1.08 bits per heavy atom. The molecular formula is C19H20N2O4. The Hall–Kier alpha value is -3.02. The molecule has 6 nitrogen and oxygen atoms in total. The molecule has 0 atom stereocenters. The van der Waals surface area contributed by atoms with E-state index in [9.17, 15) is 9.59 Å². The minimum absolute atomic E-state index is 0.0463. The minimum Gasteiger partial charge on any atom is -0.454 e. The number of aryl methyl sites for hydroxylation is 2. The van der Waals surface area contributed by atoms with E-state index in [0.29, 0.717) is 28.4 Å². The largest absolute Gasteiger partial charge is 0.454 e. The van der Waals surface area contributed by atoms with E-state index in [4.69, 9.17) is 15.2 Å². The Balaban J connectivity index is 1.62. The van der Waals surface area contributed by atoms with Crippen LogP contribution in [0.1, 0.15) is 34.3 Å². The van der Waals surface area contributed by atoms with Crippen molar-refractivity contribution in [2.45, 2.75) is 26.7 Å². The predicted molar refractivity (Wildman–Crippen MR) is 95.1 cm³/mol. The lowest BCUT2D eigenvalue weighted by atomic mass is 9.99. The van der Waals surface area contributed by atoms with Crippen LogP contribution in [0.15, 0.2) is 30.3 Å². The van der Waals surface area contributed by atoms with Crippen LogP contribution in [0.3, 0.4) is 0 Å². The van der Waals surface area contributed by atoms with Gasteiger partial charge in [-0.2, -0.15) is 0 Å². The van der Waals surface area contributed by atoms with Crippen LogP contribution in [0.5, 0.6) is 11.5 Å². The van der Waals surface area contributed by atoms with Crippen LogP contribution >= 0.6 is 0 Å². The third-order valence-electron chi connectivity index (χ3n) is 4.09. The summed E-state index contributed by atoms with van der Waals surface area (Å²) in [5, 5.41) is 2.72. The molecule has 1 aliphatic heterocycles. The van der Waals surface area contributed by atoms with Crippen molar-refractivity contribution in [3.63, 3.8) is 0 Å². The van der Waals surface area contributed by atoms with Crippen molar-refractivity contribution in [2.75, 3.05) is 17.8 Å². The van der Waals surface area contributed by atoms with Crippen molar-refractivity contribution in [3.8, 4) is 11.5 Å². The van der Waals surface area contributed by atoms with Gasteiger partial charge in [0, 0.05) is 30.5 Å². The van der Waals surface area contributed by atoms with Gasteiger partial charge >= 0.3 is 0 Å². The van der Waals surface area contributed by atoms with E-state index in [1.165, 1.54) is 0 Å². The molecule has 25 heavy (non-hydrogen) atoms. The number of ketones is 1. The molecule has 1 amide bonds. The van der Waals surface area contributed by atoms with Gasteiger partial charge in [0.05, 0.1) is 11.4 Å². The van der Waals surface area contributed by atoms with Gasteiger partial charge in [0.15, 0.2) is 17.3 Å². The highest BCUT2D eigenvalue weighted by Gasteiger charge is 2.18. The average Bonchev–Trinajstić information content (AvgIpc) is 3.02. The van der Waals surface area contributed by atoms with Gasteiger partial charge in [0.2, 0.25) is 12.7 Å². The molecule has 3 N–H and O–H groups in total. The van der Waals surface area contributed by atoms with Gasteiger partial charge in [-0.05, 0) is 25.5 Å². The first-order chi connectivity index (χ1) is 11.9. The van der Waals surface area contributed by atoms with Gasteiger partial charge in [0.25, 0.3) is 0 Å². The monoisotopic (exact) mass is 340 g/mol. The first kappa shape index (κ1) is 16.8. The van der Waals surface area contributed by atoms with Crippen LogP contribution in [-0.2, 0) is 4.79 Å². The molecule has 1 heterocycles. The molecule has 0 bridgehead atoms. The van der Waals surface area contributed by atoms with E-state index in [0.717, 1.165) is 11.1 Å². The van der Waals surface area contributed by atoms with Crippen LogP contribution in [0, 0.1) is 13.8 Å². The van der Waals surface area contributed by atoms with E-state index in [-0.39, 0.29) is 31.3 Å². The number of nitrogen functional groups attached to an aromatic ring is 1. The van der Waals surface area contributed by atoms with Crippen LogP contribution < -0.4 is 20.5 Å². The highest BCUT2D eigenvalue weighted by molar-refractivity contribution is 6.01. The molecule has 0 unspecified atom stereocenters. The Labute approximate surface area is 145 Å². The number of amides is 1. The number of rotatable bonds is 5. The summed E-state index contributed by atoms with van der Waals surface area (Å²) in [6.07, 6.45) is 0.223. The summed E-state index contributed by atoms with van der Waals surface area (Å²) in [7, 11) is 0. The van der Waals surface area contributed by atoms with Crippen molar-refractivity contribution in [1.29, 1.82) is 0 Å². The van der Waals surface area contributed by atoms with Crippen molar-refractivity contribution < 1.29 is 19.1 Å². The fourth-order valence-corrected chi connectivity index (χ4v) is 2.68. The maximum atomic E-state index is 12.4.